The molecule has 1 aliphatic rings. The van der Waals surface area contributed by atoms with Crippen LogP contribution < -0.4 is 25.8 Å². The van der Waals surface area contributed by atoms with E-state index in [1.807, 2.05) is 0 Å². The van der Waals surface area contributed by atoms with Gasteiger partial charge < -0.3 is 35.3 Å². The van der Waals surface area contributed by atoms with Crippen LogP contribution in [0.3, 0.4) is 0 Å². The van der Waals surface area contributed by atoms with Crippen molar-refractivity contribution >= 4 is 17.6 Å². The Balaban J connectivity index is 1.66. The molecule has 0 aliphatic carbocycles. The van der Waals surface area contributed by atoms with Gasteiger partial charge in [-0.2, -0.15) is 0 Å². The fraction of sp³-hybridized carbons (Fsp3) is 0.444. The summed E-state index contributed by atoms with van der Waals surface area (Å²) in [7, 11) is 1.27. The molecule has 218 valence electrons. The van der Waals surface area contributed by atoms with Crippen molar-refractivity contribution < 1.29 is 37.3 Å². The minimum absolute atomic E-state index is 0.0192. The van der Waals surface area contributed by atoms with Crippen LogP contribution in [0.1, 0.15) is 29.7 Å². The fourth-order valence-electron chi connectivity index (χ4n) is 4.04. The first kappa shape index (κ1) is 30.7. The molecule has 0 radical (unpaired) electrons. The Hall–Kier alpha value is -3.81. The number of nitrogens with one attached hydrogen (secondary N) is 3. The summed E-state index contributed by atoms with van der Waals surface area (Å²) >= 11 is 0. The predicted molar refractivity (Wildman–Crippen MR) is 142 cm³/mol. The average Bonchev–Trinajstić information content (AvgIpc) is 2.94. The number of halogens is 2. The Morgan fingerprint density at radius 1 is 1.15 bits per heavy atom. The second-order valence-corrected chi connectivity index (χ2v) is 8.89. The number of morpholine rings is 1. The fourth-order valence-corrected chi connectivity index (χ4v) is 4.04. The topological polar surface area (TPSA) is 148 Å². The Bertz CT molecular complexity index is 1170. The monoisotopic (exact) mass is 563 g/mol. The van der Waals surface area contributed by atoms with Crippen molar-refractivity contribution in [2.24, 2.45) is 5.73 Å². The second kappa shape index (κ2) is 15.1. The summed E-state index contributed by atoms with van der Waals surface area (Å²) in [4.78, 5) is 27.5. The number of hydrogen-bond donors (Lipinski definition) is 4. The molecule has 40 heavy (non-hydrogen) atoms. The van der Waals surface area contributed by atoms with Crippen molar-refractivity contribution in [3.05, 3.63) is 58.7 Å². The third-order valence-corrected chi connectivity index (χ3v) is 6.17. The van der Waals surface area contributed by atoms with Crippen LogP contribution in [0.15, 0.2) is 30.3 Å². The molecule has 1 fully saturated rings. The molecule has 3 rings (SSSR count). The van der Waals surface area contributed by atoms with Crippen molar-refractivity contribution in [3.8, 4) is 11.5 Å². The molecule has 0 bridgehead atoms. The molecule has 5 N–H and O–H groups in total. The number of methoxy groups -OCH3 is 1. The van der Waals surface area contributed by atoms with Crippen molar-refractivity contribution in [2.75, 3.05) is 59.7 Å². The smallest absolute Gasteiger partial charge is 0.257 e. The lowest BCUT2D eigenvalue weighted by atomic mass is 10.1. The van der Waals surface area contributed by atoms with Crippen LogP contribution in [0, 0.1) is 17.0 Å². The van der Waals surface area contributed by atoms with Crippen molar-refractivity contribution in [1.29, 1.82) is 5.41 Å². The number of ether oxygens (including phenoxy) is 4. The van der Waals surface area contributed by atoms with Crippen LogP contribution in [0.2, 0.25) is 0 Å². The highest BCUT2D eigenvalue weighted by Gasteiger charge is 2.28. The number of nitrogens with two attached hydrogens (primary N) is 1. The van der Waals surface area contributed by atoms with E-state index >= 15 is 0 Å². The molecule has 0 spiro atoms. The van der Waals surface area contributed by atoms with E-state index in [0.29, 0.717) is 37.4 Å². The van der Waals surface area contributed by atoms with Gasteiger partial charge in [0.2, 0.25) is 0 Å². The lowest BCUT2D eigenvalue weighted by Gasteiger charge is -2.26. The molecule has 0 unspecified atom stereocenters. The predicted octanol–water partition coefficient (Wildman–Crippen LogP) is 1.48. The zero-order valence-corrected chi connectivity index (χ0v) is 22.6. The molecule has 1 saturated heterocycles. The zero-order valence-electron chi connectivity index (χ0n) is 22.6. The minimum atomic E-state index is -1.56. The van der Waals surface area contributed by atoms with Gasteiger partial charge in [-0.1, -0.05) is 12.1 Å². The molecular weight excluding hydrogens is 528 g/mol. The maximum Gasteiger partial charge on any atom is 0.257 e. The van der Waals surface area contributed by atoms with E-state index in [-0.39, 0.29) is 43.0 Å². The van der Waals surface area contributed by atoms with Gasteiger partial charge in [0.15, 0.2) is 12.7 Å². The van der Waals surface area contributed by atoms with Gasteiger partial charge in [0, 0.05) is 62.6 Å². The van der Waals surface area contributed by atoms with Crippen LogP contribution in [0.5, 0.6) is 11.5 Å². The molecule has 1 aliphatic heterocycles. The highest BCUT2D eigenvalue weighted by molar-refractivity contribution is 5.95. The normalized spacial score (nSPS) is 14.3. The average molecular weight is 564 g/mol. The molecule has 2 aromatic rings. The van der Waals surface area contributed by atoms with Gasteiger partial charge in [-0.05, 0) is 13.0 Å². The number of nitrogen functional groups attached to an aromatic ring is 1. The number of amidine groups is 1. The van der Waals surface area contributed by atoms with Crippen molar-refractivity contribution in [3.63, 3.8) is 0 Å². The number of nitrogens with zero attached hydrogens (tertiary/aromatic N) is 1. The molecule has 0 saturated carbocycles. The highest BCUT2D eigenvalue weighted by Crippen LogP contribution is 2.29. The number of carbonyl (C=O) groups excluding carboxylic acids is 2. The number of amides is 2. The van der Waals surface area contributed by atoms with Gasteiger partial charge >= 0.3 is 0 Å². The summed E-state index contributed by atoms with van der Waals surface area (Å²) in [6.45, 7) is 5.25. The Morgan fingerprint density at radius 3 is 2.48 bits per heavy atom. The van der Waals surface area contributed by atoms with Crippen LogP contribution in [0.25, 0.3) is 0 Å². The van der Waals surface area contributed by atoms with E-state index in [0.717, 1.165) is 25.2 Å². The van der Waals surface area contributed by atoms with E-state index < -0.39 is 29.2 Å². The summed E-state index contributed by atoms with van der Waals surface area (Å²) in [6, 6.07) is 6.55. The summed E-state index contributed by atoms with van der Waals surface area (Å²) in [5, 5.41) is 13.1. The first-order valence-corrected chi connectivity index (χ1v) is 12.8. The third-order valence-electron chi connectivity index (χ3n) is 6.17. The molecule has 0 aromatic heterocycles. The van der Waals surface area contributed by atoms with E-state index in [2.05, 4.69) is 15.5 Å². The standard InChI is InChI=1S/C27H35F2N5O6/c1-3-39-25(24-20(28)13-19(37-2)14-21(24)29)27(36)33-15-18-5-4-17(26(30)31)12-22(18)40-16-23(35)32-6-7-34-8-10-38-11-9-34/h4-5,12-14,25H,3,6-11,15-16H2,1-2H3,(H3,30,31)(H,32,35)(H,33,36)/t25-/m0/s1. The van der Waals surface area contributed by atoms with Gasteiger partial charge in [0.05, 0.1) is 25.9 Å². The van der Waals surface area contributed by atoms with Gasteiger partial charge in [-0.3, -0.25) is 19.9 Å². The van der Waals surface area contributed by atoms with Crippen molar-refractivity contribution in [1.82, 2.24) is 15.5 Å². The van der Waals surface area contributed by atoms with Gasteiger partial charge in [0.25, 0.3) is 11.8 Å². The highest BCUT2D eigenvalue weighted by atomic mass is 19.1. The van der Waals surface area contributed by atoms with Crippen LogP contribution in [0.4, 0.5) is 8.78 Å². The Morgan fingerprint density at radius 2 is 1.85 bits per heavy atom. The maximum atomic E-state index is 14.7. The second-order valence-electron chi connectivity index (χ2n) is 8.89. The largest absolute Gasteiger partial charge is 0.497 e. The Kier molecular flexibility index (Phi) is 11.6. The van der Waals surface area contributed by atoms with Crippen LogP contribution >= 0.6 is 0 Å². The molecule has 11 nitrogen and oxygen atoms in total. The molecule has 2 amide bonds. The van der Waals surface area contributed by atoms with Crippen molar-refractivity contribution in [2.45, 2.75) is 19.6 Å². The third kappa shape index (κ3) is 8.60. The first-order valence-electron chi connectivity index (χ1n) is 12.8. The van der Waals surface area contributed by atoms with E-state index in [9.17, 15) is 18.4 Å². The lowest BCUT2D eigenvalue weighted by molar-refractivity contribution is -0.133. The number of benzene rings is 2. The quantitative estimate of drug-likeness (QED) is 0.200. The molecule has 1 atom stereocenters. The number of rotatable bonds is 14. The summed E-state index contributed by atoms with van der Waals surface area (Å²) in [5.41, 5.74) is 5.86. The molecule has 1 heterocycles. The van der Waals surface area contributed by atoms with E-state index in [1.54, 1.807) is 19.1 Å². The van der Waals surface area contributed by atoms with E-state index in [4.69, 9.17) is 30.1 Å². The van der Waals surface area contributed by atoms with Crippen LogP contribution in [-0.2, 0) is 25.6 Å². The van der Waals surface area contributed by atoms with E-state index in [1.165, 1.54) is 13.2 Å². The lowest BCUT2D eigenvalue weighted by Crippen LogP contribution is -2.42. The maximum absolute atomic E-state index is 14.7. The minimum Gasteiger partial charge on any atom is -0.497 e. The number of hydrogen-bond acceptors (Lipinski definition) is 8. The Labute approximate surface area is 231 Å². The molecular formula is C27H35F2N5O6. The zero-order chi connectivity index (χ0) is 29.1. The van der Waals surface area contributed by atoms with Gasteiger partial charge in [0.1, 0.15) is 29.0 Å². The van der Waals surface area contributed by atoms with Gasteiger partial charge in [-0.25, -0.2) is 8.78 Å². The molecule has 13 heteroatoms. The SMILES string of the molecule is CCO[C@H](C(=O)NCc1ccc(C(=N)N)cc1OCC(=O)NCCN1CCOCC1)c1c(F)cc(OC)cc1F. The van der Waals surface area contributed by atoms with Gasteiger partial charge in [-0.15, -0.1) is 0 Å². The summed E-state index contributed by atoms with van der Waals surface area (Å²) in [6.07, 6.45) is -1.56. The first-order chi connectivity index (χ1) is 19.2. The summed E-state index contributed by atoms with van der Waals surface area (Å²) < 4.78 is 50.6. The van der Waals surface area contributed by atoms with Crippen LogP contribution in [-0.4, -0.2) is 82.3 Å². The number of carbonyl (C=O) groups is 2. The molecule has 2 aromatic carbocycles. The summed E-state index contributed by atoms with van der Waals surface area (Å²) in [5.74, 6) is -3.14.